The molecule has 0 bridgehead atoms. The van der Waals surface area contributed by atoms with Crippen LogP contribution in [0.5, 0.6) is 0 Å². The van der Waals surface area contributed by atoms with Gasteiger partial charge in [0.15, 0.2) is 13.2 Å². The summed E-state index contributed by atoms with van der Waals surface area (Å²) in [4.78, 5) is 31.4. The normalized spacial score (nSPS) is 20.3. The molecule has 0 spiro atoms. The van der Waals surface area contributed by atoms with Crippen LogP contribution in [-0.2, 0) is 24.0 Å². The number of sulfonamides is 1. The molecule has 13 heteroatoms. The lowest BCUT2D eigenvalue weighted by atomic mass is 9.94. The van der Waals surface area contributed by atoms with Crippen molar-refractivity contribution in [3.8, 4) is 0 Å². The Morgan fingerprint density at radius 2 is 1.81 bits per heavy atom. The van der Waals surface area contributed by atoms with Crippen molar-refractivity contribution in [3.05, 3.63) is 58.7 Å². The van der Waals surface area contributed by atoms with Crippen LogP contribution >= 0.6 is 0 Å². The van der Waals surface area contributed by atoms with Gasteiger partial charge in [-0.1, -0.05) is 49.5 Å². The van der Waals surface area contributed by atoms with Crippen LogP contribution in [0.15, 0.2) is 53.5 Å². The van der Waals surface area contributed by atoms with Crippen LogP contribution < -0.4 is 0 Å². The van der Waals surface area contributed by atoms with E-state index in [1.165, 1.54) is 29.2 Å². The molecule has 1 unspecified atom stereocenters. The highest BCUT2D eigenvalue weighted by atomic mass is 32.2. The molecule has 0 saturated heterocycles. The van der Waals surface area contributed by atoms with Crippen molar-refractivity contribution < 1.29 is 32.1 Å². The van der Waals surface area contributed by atoms with E-state index >= 15 is 0 Å². The lowest BCUT2D eigenvalue weighted by molar-refractivity contribution is -0.388. The lowest BCUT2D eigenvalue weighted by Crippen LogP contribution is -2.57. The number of para-hydroxylation sites is 1. The Bertz CT molecular complexity index is 1310. The molecule has 42 heavy (non-hydrogen) atoms. The molecule has 1 aromatic rings. The second-order valence-electron chi connectivity index (χ2n) is 13.3. The number of hydrogen-bond acceptors (Lipinski definition) is 8. The zero-order valence-electron chi connectivity index (χ0n) is 26.0. The number of nitro benzene ring substituents is 1. The van der Waals surface area contributed by atoms with Crippen molar-refractivity contribution in [2.45, 2.75) is 95.1 Å². The number of carbonyl (C=O) groups excluding carboxylic acids is 1. The van der Waals surface area contributed by atoms with Gasteiger partial charge < -0.3 is 9.16 Å². The summed E-state index contributed by atoms with van der Waals surface area (Å²) in [6.45, 7) is 19.6. The molecule has 1 heterocycles. The third-order valence-electron chi connectivity index (χ3n) is 7.78. The van der Waals surface area contributed by atoms with Crippen LogP contribution in [0.1, 0.15) is 54.4 Å². The maximum Gasteiger partial charge on any atom is 0.410 e. The minimum atomic E-state index is -4.56. The molecule has 1 aromatic carbocycles. The van der Waals surface area contributed by atoms with Crippen molar-refractivity contribution >= 4 is 30.1 Å². The summed E-state index contributed by atoms with van der Waals surface area (Å²) in [5.74, 6) is 0.140. The van der Waals surface area contributed by atoms with Gasteiger partial charge in [-0.15, -0.1) is 6.58 Å². The monoisotopic (exact) mass is 623 g/mol. The van der Waals surface area contributed by atoms with Crippen molar-refractivity contribution in [3.63, 3.8) is 0 Å². The average molecular weight is 624 g/mol. The van der Waals surface area contributed by atoms with Crippen LogP contribution in [0.2, 0.25) is 18.1 Å². The SMILES string of the molecule is C=CCON(C1C=C(C2CC2)[C@@H](CO[Si](C)(C)C(C)(C)C)N(C(=O)OC(C)(C)C)C1)S(=O)(=O)c1ccccc1[N+](=O)[O-]. The summed E-state index contributed by atoms with van der Waals surface area (Å²) in [6.07, 6.45) is 4.39. The fraction of sp³-hybridized carbons (Fsp3) is 0.621. The average Bonchev–Trinajstić information content (AvgIpc) is 3.71. The van der Waals surface area contributed by atoms with E-state index in [0.717, 1.165) is 28.9 Å². The molecule has 1 aliphatic carbocycles. The minimum Gasteiger partial charge on any atom is -0.444 e. The maximum absolute atomic E-state index is 14.0. The number of ether oxygens (including phenoxy) is 1. The van der Waals surface area contributed by atoms with Crippen molar-refractivity contribution in [1.82, 2.24) is 9.37 Å². The van der Waals surface area contributed by atoms with E-state index in [9.17, 15) is 23.3 Å². The van der Waals surface area contributed by atoms with E-state index in [1.807, 2.05) is 6.08 Å². The standard InChI is InChI=1S/C29H45N3O8SSi/c1-10-17-38-32(41(36,37)26-14-12-11-13-24(26)31(34)35)22-18-23(21-15-16-21)25(20-39-42(8,9)29(5,6)7)30(19-22)27(33)40-28(2,3)4/h10-14,18,21-22,25H,1,15-17,19-20H2,2-9H3/t22?,25-/m1/s1. The molecule has 1 saturated carbocycles. The van der Waals surface area contributed by atoms with Gasteiger partial charge in [0.25, 0.3) is 15.7 Å². The number of rotatable bonds is 11. The molecule has 11 nitrogen and oxygen atoms in total. The second-order valence-corrected chi connectivity index (χ2v) is 19.9. The molecule has 2 aliphatic rings. The maximum atomic E-state index is 14.0. The molecule has 3 rings (SSSR count). The van der Waals surface area contributed by atoms with Gasteiger partial charge in [-0.25, -0.2) is 13.2 Å². The summed E-state index contributed by atoms with van der Waals surface area (Å²) in [7, 11) is -6.76. The van der Waals surface area contributed by atoms with Crippen LogP contribution in [0.25, 0.3) is 0 Å². The van der Waals surface area contributed by atoms with Crippen molar-refractivity contribution in [2.75, 3.05) is 19.8 Å². The van der Waals surface area contributed by atoms with Gasteiger partial charge in [0.2, 0.25) is 0 Å². The zero-order chi connectivity index (χ0) is 31.7. The largest absolute Gasteiger partial charge is 0.444 e. The van der Waals surface area contributed by atoms with Gasteiger partial charge in [0.1, 0.15) is 5.60 Å². The molecule has 1 fully saturated rings. The number of benzene rings is 1. The summed E-state index contributed by atoms with van der Waals surface area (Å²) >= 11 is 0. The predicted molar refractivity (Wildman–Crippen MR) is 163 cm³/mol. The predicted octanol–water partition coefficient (Wildman–Crippen LogP) is 6.05. The van der Waals surface area contributed by atoms with Crippen molar-refractivity contribution in [2.24, 2.45) is 5.92 Å². The topological polar surface area (TPSA) is 129 Å². The van der Waals surface area contributed by atoms with Gasteiger partial charge >= 0.3 is 6.09 Å². The molecule has 0 radical (unpaired) electrons. The van der Waals surface area contributed by atoms with Gasteiger partial charge in [0, 0.05) is 12.6 Å². The van der Waals surface area contributed by atoms with E-state index in [4.69, 9.17) is 14.0 Å². The molecule has 1 amide bonds. The number of amides is 1. The number of nitro groups is 1. The first kappa shape index (κ1) is 33.9. The van der Waals surface area contributed by atoms with Gasteiger partial charge in [0.05, 0.1) is 30.2 Å². The first-order valence-electron chi connectivity index (χ1n) is 14.2. The number of carbonyl (C=O) groups is 1. The van der Waals surface area contributed by atoms with Crippen LogP contribution in [0, 0.1) is 16.0 Å². The van der Waals surface area contributed by atoms with Gasteiger partial charge in [-0.05, 0) is 69.3 Å². The third-order valence-corrected chi connectivity index (χ3v) is 14.0. The first-order valence-corrected chi connectivity index (χ1v) is 18.5. The van der Waals surface area contributed by atoms with E-state index in [0.29, 0.717) is 0 Å². The molecular formula is C29H45N3O8SSi. The highest BCUT2D eigenvalue weighted by Gasteiger charge is 2.47. The Morgan fingerprint density at radius 1 is 1.19 bits per heavy atom. The Balaban J connectivity index is 2.13. The Kier molecular flexibility index (Phi) is 10.1. The zero-order valence-corrected chi connectivity index (χ0v) is 27.8. The molecule has 2 atom stereocenters. The summed E-state index contributed by atoms with van der Waals surface area (Å²) in [6, 6.07) is 3.67. The second kappa shape index (κ2) is 12.6. The molecule has 0 aromatic heterocycles. The highest BCUT2D eigenvalue weighted by molar-refractivity contribution is 7.89. The minimum absolute atomic E-state index is 0.0573. The lowest BCUT2D eigenvalue weighted by Gasteiger charge is -2.44. The fourth-order valence-electron chi connectivity index (χ4n) is 4.45. The van der Waals surface area contributed by atoms with E-state index in [2.05, 4.69) is 40.4 Å². The highest BCUT2D eigenvalue weighted by Crippen LogP contribution is 2.44. The molecule has 0 N–H and O–H groups in total. The number of hydrogen-bond donors (Lipinski definition) is 0. The van der Waals surface area contributed by atoms with Gasteiger partial charge in [-0.2, -0.15) is 0 Å². The van der Waals surface area contributed by atoms with E-state index in [-0.39, 0.29) is 30.7 Å². The molecule has 234 valence electrons. The van der Waals surface area contributed by atoms with Crippen LogP contribution in [0.4, 0.5) is 10.5 Å². The van der Waals surface area contributed by atoms with E-state index in [1.54, 1.807) is 20.8 Å². The van der Waals surface area contributed by atoms with Crippen molar-refractivity contribution in [1.29, 1.82) is 0 Å². The summed E-state index contributed by atoms with van der Waals surface area (Å²) in [5, 5.41) is 11.7. The van der Waals surface area contributed by atoms with Crippen LogP contribution in [-0.4, -0.2) is 74.6 Å². The van der Waals surface area contributed by atoms with E-state index < -0.39 is 57.6 Å². The quantitative estimate of drug-likeness (QED) is 0.126. The van der Waals surface area contributed by atoms with Crippen LogP contribution in [0.3, 0.4) is 0 Å². The summed E-state index contributed by atoms with van der Waals surface area (Å²) < 4.78 is 41.1. The molecular weight excluding hydrogens is 578 g/mol. The Hall–Kier alpha value is -2.58. The number of nitrogens with zero attached hydrogens (tertiary/aromatic N) is 3. The third kappa shape index (κ3) is 7.87. The number of hydroxylamine groups is 1. The Labute approximate surface area is 250 Å². The first-order chi connectivity index (χ1) is 19.3. The summed E-state index contributed by atoms with van der Waals surface area (Å²) in [5.41, 5.74) is -0.494. The van der Waals surface area contributed by atoms with Gasteiger partial charge in [-0.3, -0.25) is 19.9 Å². The fourth-order valence-corrected chi connectivity index (χ4v) is 6.99. The Morgan fingerprint density at radius 3 is 2.33 bits per heavy atom. The molecule has 1 aliphatic heterocycles. The smallest absolute Gasteiger partial charge is 0.410 e.